The van der Waals surface area contributed by atoms with Crippen molar-refractivity contribution in [1.29, 1.82) is 0 Å². The Hall–Kier alpha value is -10.5. The van der Waals surface area contributed by atoms with E-state index in [4.69, 9.17) is 20.2 Å². The molecule has 81 heavy (non-hydrogen) atoms. The molecule has 384 valence electrons. The van der Waals surface area contributed by atoms with Crippen LogP contribution in [0.2, 0.25) is 0 Å². The Kier molecular flexibility index (Phi) is 11.6. The largest absolute Gasteiger partial charge is 0.311 e. The third-order valence-electron chi connectivity index (χ3n) is 15.7. The van der Waals surface area contributed by atoms with Gasteiger partial charge in [0.1, 0.15) is 22.1 Å². The highest BCUT2D eigenvalue weighted by Crippen LogP contribution is 2.52. The van der Waals surface area contributed by atoms with E-state index in [0.29, 0.717) is 12.5 Å². The molecule has 7 nitrogen and oxygen atoms in total. The van der Waals surface area contributed by atoms with Gasteiger partial charge >= 0.3 is 0 Å². The molecular formula is C74H53N7. The molecule has 0 radical (unpaired) electrons. The van der Waals surface area contributed by atoms with Crippen LogP contribution in [0.5, 0.6) is 0 Å². The Balaban J connectivity index is 0.878. The quantitative estimate of drug-likeness (QED) is 0.114. The fourth-order valence-corrected chi connectivity index (χ4v) is 12.0. The molecule has 0 atom stereocenters. The summed E-state index contributed by atoms with van der Waals surface area (Å²) in [4.78, 5) is 18.2. The summed E-state index contributed by atoms with van der Waals surface area (Å²) in [5.74, 6) is 0.315. The zero-order valence-electron chi connectivity index (χ0n) is 44.8. The second-order valence-electron chi connectivity index (χ2n) is 21.4. The predicted octanol–water partition coefficient (Wildman–Crippen LogP) is 19.6. The van der Waals surface area contributed by atoms with Gasteiger partial charge in [0.2, 0.25) is 0 Å². The second-order valence-corrected chi connectivity index (χ2v) is 21.4. The van der Waals surface area contributed by atoms with E-state index in [2.05, 4.69) is 291 Å². The van der Waals surface area contributed by atoms with E-state index in [0.717, 1.165) is 129 Å². The summed E-state index contributed by atoms with van der Waals surface area (Å²) in [6, 6.07) is 95.1. The predicted molar refractivity (Wildman–Crippen MR) is 336 cm³/mol. The van der Waals surface area contributed by atoms with Crippen LogP contribution in [0.4, 0.5) is 34.1 Å². The Labute approximate surface area is 470 Å². The van der Waals surface area contributed by atoms with E-state index in [1.807, 2.05) is 4.80 Å². The molecule has 1 aliphatic rings. The van der Waals surface area contributed by atoms with Gasteiger partial charge in [-0.2, -0.15) is 15.0 Å². The van der Waals surface area contributed by atoms with Crippen molar-refractivity contribution in [3.05, 3.63) is 267 Å². The van der Waals surface area contributed by atoms with Gasteiger partial charge in [0.25, 0.3) is 0 Å². The first-order chi connectivity index (χ1) is 40.0. The summed E-state index contributed by atoms with van der Waals surface area (Å²) < 4.78 is 0. The van der Waals surface area contributed by atoms with E-state index in [-0.39, 0.29) is 0 Å². The van der Waals surface area contributed by atoms with Crippen LogP contribution in [0.1, 0.15) is 13.8 Å². The molecule has 12 aromatic carbocycles. The Morgan fingerprint density at radius 2 is 0.704 bits per heavy atom. The summed E-state index contributed by atoms with van der Waals surface area (Å²) in [6.45, 7) is 5.08. The fraction of sp³-hybridized carbons (Fsp3) is 0.0541. The first-order valence-electron chi connectivity index (χ1n) is 27.8. The van der Waals surface area contributed by atoms with E-state index < -0.39 is 0 Å². The number of anilines is 6. The summed E-state index contributed by atoms with van der Waals surface area (Å²) in [6.07, 6.45) is 0. The van der Waals surface area contributed by atoms with Crippen LogP contribution >= 0.6 is 0 Å². The lowest BCUT2D eigenvalue weighted by molar-refractivity contribution is 0.442. The minimum atomic E-state index is 0.315. The van der Waals surface area contributed by atoms with Crippen LogP contribution in [-0.2, 0) is 6.54 Å². The monoisotopic (exact) mass is 1040 g/mol. The van der Waals surface area contributed by atoms with Crippen molar-refractivity contribution in [2.24, 2.45) is 5.92 Å². The van der Waals surface area contributed by atoms with Crippen LogP contribution in [0.3, 0.4) is 0 Å². The van der Waals surface area contributed by atoms with Gasteiger partial charge in [0.05, 0.1) is 17.9 Å². The molecule has 14 aromatic rings. The summed E-state index contributed by atoms with van der Waals surface area (Å²) in [7, 11) is 0. The minimum Gasteiger partial charge on any atom is -0.311 e. The van der Waals surface area contributed by atoms with Crippen LogP contribution in [-0.4, -0.2) is 25.0 Å². The molecule has 0 fully saturated rings. The number of hydrogen-bond donors (Lipinski definition) is 0. The highest BCUT2D eigenvalue weighted by molar-refractivity contribution is 6.25. The van der Waals surface area contributed by atoms with Crippen molar-refractivity contribution in [2.75, 3.05) is 9.80 Å². The molecule has 15 rings (SSSR count). The Morgan fingerprint density at radius 3 is 1.15 bits per heavy atom. The van der Waals surface area contributed by atoms with Gasteiger partial charge in [0.15, 0.2) is 0 Å². The zero-order valence-corrected chi connectivity index (χ0v) is 44.8. The average molecular weight is 1040 g/mol. The number of fused-ring (bicyclic) bond motifs is 7. The van der Waals surface area contributed by atoms with Crippen molar-refractivity contribution >= 4 is 77.7 Å². The van der Waals surface area contributed by atoms with Crippen LogP contribution in [0.15, 0.2) is 267 Å². The standard InChI is InChI=1S/C74H53N7/c1-48(2)47-79-77-73-66(53-34-30-49(31-35-53)51-38-42-61(43-39-51)80(57-20-7-3-8-21-57)58-22-9-4-10-23-58)70-71(76-72-68-63-28-16-15-18-55(63)46-56-19-17-29-64(65(56)68)69(72)75-70)67(74(73)78-79)54-36-32-50(33-37-54)52-40-44-62(45-41-52)81(59-24-11-5-12-25-59)60-26-13-6-14-27-60/h3-46,48H,47H2,1-2H3. The lowest BCUT2D eigenvalue weighted by Crippen LogP contribution is -2.09. The SMILES string of the molecule is CC(C)Cn1nc2c(-c3ccc(-c4ccc(N(c5ccccc5)c5ccccc5)cc4)cc3)c3nc4c(nc3c(-c3ccc(-c5ccc(N(c6ccccc6)c6ccccc6)cc5)cc3)c2n1)-c1c2ccccc2cc2cccc-4c12. The molecule has 7 heteroatoms. The topological polar surface area (TPSA) is 63.0 Å². The maximum atomic E-state index is 5.87. The Morgan fingerprint density at radius 1 is 0.333 bits per heavy atom. The normalized spacial score (nSPS) is 11.7. The molecular weight excluding hydrogens is 987 g/mol. The summed E-state index contributed by atoms with van der Waals surface area (Å²) in [5.41, 5.74) is 22.1. The number of aromatic nitrogens is 5. The van der Waals surface area contributed by atoms with E-state index in [1.165, 1.54) is 16.2 Å². The number of rotatable bonds is 12. The van der Waals surface area contributed by atoms with E-state index in [9.17, 15) is 0 Å². The third kappa shape index (κ3) is 8.37. The number of benzene rings is 12. The third-order valence-corrected chi connectivity index (χ3v) is 15.7. The lowest BCUT2D eigenvalue weighted by atomic mass is 9.92. The lowest BCUT2D eigenvalue weighted by Gasteiger charge is -2.25. The smallest absolute Gasteiger partial charge is 0.124 e. The first-order valence-corrected chi connectivity index (χ1v) is 27.8. The second kappa shape index (κ2) is 19.7. The number of hydrogen-bond acceptors (Lipinski definition) is 6. The molecule has 2 heterocycles. The molecule has 2 aromatic heterocycles. The highest BCUT2D eigenvalue weighted by atomic mass is 15.5. The van der Waals surface area contributed by atoms with Gasteiger partial charge in [0, 0.05) is 61.8 Å². The van der Waals surface area contributed by atoms with Gasteiger partial charge in [-0.15, -0.1) is 0 Å². The Bertz CT molecular complexity index is 4560. The van der Waals surface area contributed by atoms with Gasteiger partial charge < -0.3 is 9.80 Å². The minimum absolute atomic E-state index is 0.315. The van der Waals surface area contributed by atoms with Crippen molar-refractivity contribution in [3.8, 4) is 67.0 Å². The van der Waals surface area contributed by atoms with E-state index in [1.54, 1.807) is 0 Å². The maximum absolute atomic E-state index is 5.87. The van der Waals surface area contributed by atoms with E-state index >= 15 is 0 Å². The average Bonchev–Trinajstić information content (AvgIpc) is 4.23. The van der Waals surface area contributed by atoms with Crippen molar-refractivity contribution in [2.45, 2.75) is 20.4 Å². The van der Waals surface area contributed by atoms with Gasteiger partial charge in [-0.05, 0) is 134 Å². The fourth-order valence-electron chi connectivity index (χ4n) is 12.0. The van der Waals surface area contributed by atoms with Crippen molar-refractivity contribution in [1.82, 2.24) is 25.0 Å². The molecule has 0 amide bonds. The van der Waals surface area contributed by atoms with Crippen LogP contribution < -0.4 is 9.80 Å². The first kappa shape index (κ1) is 47.7. The zero-order chi connectivity index (χ0) is 54.0. The van der Waals surface area contributed by atoms with Crippen LogP contribution in [0.25, 0.3) is 111 Å². The van der Waals surface area contributed by atoms with Gasteiger partial charge in [-0.1, -0.05) is 202 Å². The molecule has 0 aliphatic heterocycles. The van der Waals surface area contributed by atoms with Gasteiger partial charge in [-0.3, -0.25) is 0 Å². The summed E-state index contributed by atoms with van der Waals surface area (Å²) in [5, 5.41) is 15.5. The molecule has 1 aliphatic carbocycles. The summed E-state index contributed by atoms with van der Waals surface area (Å²) >= 11 is 0. The molecule has 0 unspecified atom stereocenters. The molecule has 0 saturated heterocycles. The molecule has 0 spiro atoms. The van der Waals surface area contributed by atoms with Gasteiger partial charge in [-0.25, -0.2) is 9.97 Å². The van der Waals surface area contributed by atoms with Crippen molar-refractivity contribution < 1.29 is 0 Å². The van der Waals surface area contributed by atoms with Crippen molar-refractivity contribution in [3.63, 3.8) is 0 Å². The number of nitrogens with zero attached hydrogens (tertiary/aromatic N) is 7. The molecule has 0 bridgehead atoms. The highest BCUT2D eigenvalue weighted by Gasteiger charge is 2.31. The molecule has 0 N–H and O–H groups in total. The van der Waals surface area contributed by atoms with Crippen LogP contribution in [0, 0.1) is 5.92 Å². The number of para-hydroxylation sites is 4. The molecule has 0 saturated carbocycles. The maximum Gasteiger partial charge on any atom is 0.124 e.